The van der Waals surface area contributed by atoms with Gasteiger partial charge in [-0.05, 0) is 57.6 Å². The number of H-pyrrole nitrogens is 1. The highest BCUT2D eigenvalue weighted by atomic mass is 32.1. The molecule has 1 aromatic carbocycles. The van der Waals surface area contributed by atoms with Crippen LogP contribution in [0.1, 0.15) is 54.0 Å². The lowest BCUT2D eigenvalue weighted by Crippen LogP contribution is -2.23. The Balaban J connectivity index is 1.31. The van der Waals surface area contributed by atoms with Crippen LogP contribution in [0.15, 0.2) is 33.5 Å². The Morgan fingerprint density at radius 2 is 2.20 bits per heavy atom. The van der Waals surface area contributed by atoms with Crippen LogP contribution in [-0.4, -0.2) is 21.2 Å². The normalized spacial score (nSPS) is 19.3. The number of hydrogen-bond donors (Lipinski definition) is 2. The topological polar surface area (TPSA) is 88.3 Å². The molecule has 1 aliphatic rings. The van der Waals surface area contributed by atoms with E-state index in [1.54, 1.807) is 0 Å². The van der Waals surface area contributed by atoms with E-state index in [1.807, 2.05) is 19.1 Å². The minimum Gasteiger partial charge on any atom is -0.494 e. The van der Waals surface area contributed by atoms with Gasteiger partial charge in [-0.1, -0.05) is 41.9 Å². The van der Waals surface area contributed by atoms with Gasteiger partial charge in [-0.2, -0.15) is 0 Å². The summed E-state index contributed by atoms with van der Waals surface area (Å²) in [6.45, 7) is 4.45. The second-order valence-electron chi connectivity index (χ2n) is 8.18. The van der Waals surface area contributed by atoms with Crippen LogP contribution in [0.25, 0.3) is 11.5 Å². The minimum absolute atomic E-state index is 0.0273. The van der Waals surface area contributed by atoms with Crippen LogP contribution in [0, 0.1) is 19.8 Å². The smallest absolute Gasteiger partial charge is 0.307 e. The molecule has 1 aliphatic carbocycles. The number of hydrogen-bond acceptors (Lipinski definition) is 6. The summed E-state index contributed by atoms with van der Waals surface area (Å²) in [5.41, 5.74) is 3.02. The first-order chi connectivity index (χ1) is 14.5. The maximum absolute atomic E-state index is 11.3. The molecule has 0 saturated heterocycles. The molecule has 0 amide bonds. The largest absolute Gasteiger partial charge is 0.494 e. The molecule has 2 atom stereocenters. The predicted octanol–water partition coefficient (Wildman–Crippen LogP) is 5.12. The number of oxazole rings is 1. The Labute approximate surface area is 179 Å². The zero-order valence-corrected chi connectivity index (χ0v) is 18.3. The van der Waals surface area contributed by atoms with Gasteiger partial charge in [0.25, 0.3) is 0 Å². The quantitative estimate of drug-likeness (QED) is 0.545. The van der Waals surface area contributed by atoms with Crippen LogP contribution in [-0.2, 0) is 17.8 Å². The van der Waals surface area contributed by atoms with E-state index < -0.39 is 0 Å². The molecule has 0 radical (unpaired) electrons. The molecule has 30 heavy (non-hydrogen) atoms. The molecule has 0 bridgehead atoms. The van der Waals surface area contributed by atoms with Gasteiger partial charge < -0.3 is 14.3 Å². The highest BCUT2D eigenvalue weighted by Crippen LogP contribution is 2.32. The summed E-state index contributed by atoms with van der Waals surface area (Å²) in [5.74, 6) is 2.01. The molecule has 2 N–H and O–H groups in total. The van der Waals surface area contributed by atoms with Crippen LogP contribution in [0.3, 0.4) is 0 Å². The molecular formula is C23H28N2O4S. The van der Waals surface area contributed by atoms with Gasteiger partial charge in [0.1, 0.15) is 11.5 Å². The third-order valence-corrected chi connectivity index (χ3v) is 6.76. The summed E-state index contributed by atoms with van der Waals surface area (Å²) in [6, 6.07) is 8.14. The monoisotopic (exact) mass is 428 g/mol. The molecule has 6 nitrogen and oxygen atoms in total. The second kappa shape index (κ2) is 9.18. The van der Waals surface area contributed by atoms with Crippen molar-refractivity contribution in [3.63, 3.8) is 0 Å². The van der Waals surface area contributed by atoms with E-state index >= 15 is 0 Å². The lowest BCUT2D eigenvalue weighted by molar-refractivity contribution is -0.000494. The molecule has 0 spiro atoms. The number of benzene rings is 1. The number of rotatable bonds is 7. The summed E-state index contributed by atoms with van der Waals surface area (Å²) in [5, 5.41) is 9.76. The van der Waals surface area contributed by atoms with Crippen molar-refractivity contribution in [1.82, 2.24) is 9.97 Å². The molecule has 4 rings (SSSR count). The summed E-state index contributed by atoms with van der Waals surface area (Å²) < 4.78 is 12.1. The van der Waals surface area contributed by atoms with Crippen molar-refractivity contribution in [1.29, 1.82) is 0 Å². The fourth-order valence-electron chi connectivity index (χ4n) is 4.17. The lowest BCUT2D eigenvalue weighted by Gasteiger charge is -2.29. The molecule has 160 valence electrons. The van der Waals surface area contributed by atoms with E-state index in [9.17, 15) is 9.90 Å². The number of aromatic hydroxyl groups is 1. The molecule has 1 saturated carbocycles. The zero-order chi connectivity index (χ0) is 21.1. The number of aromatic nitrogens is 2. The molecular weight excluding hydrogens is 400 g/mol. The molecule has 0 aliphatic heterocycles. The van der Waals surface area contributed by atoms with Gasteiger partial charge in [-0.15, -0.1) is 0 Å². The Kier molecular flexibility index (Phi) is 6.39. The Hall–Kier alpha value is -2.38. The van der Waals surface area contributed by atoms with Crippen molar-refractivity contribution >= 4 is 11.3 Å². The van der Waals surface area contributed by atoms with E-state index in [4.69, 9.17) is 9.15 Å². The number of nitrogens with one attached hydrogen (secondary N) is 1. The van der Waals surface area contributed by atoms with Crippen molar-refractivity contribution in [2.45, 2.75) is 65.1 Å². The standard InChI is InChI=1S/C23H28N2O4S/c1-14-5-3-7-17(11-14)22-24-19(15(2)29-22)13-28-18-8-4-6-16(12-18)9-10-20-21(26)25-23(27)30-20/h3,5,7,11,16,18,26H,4,6,8-10,12-13H2,1-2H3,(H,25,27)/t16-,18-/m0/s1. The van der Waals surface area contributed by atoms with Crippen molar-refractivity contribution in [2.24, 2.45) is 5.92 Å². The van der Waals surface area contributed by atoms with Crippen molar-refractivity contribution in [3.05, 3.63) is 55.8 Å². The highest BCUT2D eigenvalue weighted by molar-refractivity contribution is 7.09. The van der Waals surface area contributed by atoms with Crippen LogP contribution in [0.5, 0.6) is 5.88 Å². The first-order valence-electron chi connectivity index (χ1n) is 10.5. The third-order valence-electron chi connectivity index (χ3n) is 5.83. The van der Waals surface area contributed by atoms with Crippen LogP contribution in [0.4, 0.5) is 0 Å². The lowest BCUT2D eigenvalue weighted by atomic mass is 9.84. The fraction of sp³-hybridized carbons (Fsp3) is 0.478. The van der Waals surface area contributed by atoms with Gasteiger partial charge in [0, 0.05) is 5.56 Å². The van der Waals surface area contributed by atoms with Crippen molar-refractivity contribution < 1.29 is 14.3 Å². The maximum Gasteiger partial charge on any atom is 0.307 e. The number of nitrogens with zero attached hydrogens (tertiary/aromatic N) is 1. The molecule has 3 aromatic rings. The van der Waals surface area contributed by atoms with Crippen LogP contribution in [0.2, 0.25) is 0 Å². The van der Waals surface area contributed by atoms with Gasteiger partial charge in [0.15, 0.2) is 0 Å². The summed E-state index contributed by atoms with van der Waals surface area (Å²) in [7, 11) is 0. The zero-order valence-electron chi connectivity index (χ0n) is 17.4. The number of aryl methyl sites for hydroxylation is 3. The summed E-state index contributed by atoms with van der Waals surface area (Å²) in [4.78, 5) is 19.0. The SMILES string of the molecule is Cc1cccc(-c2nc(CO[C@H]3CCC[C@@H](CCc4sc(=O)[nH]c4O)C3)c(C)o2)c1. The van der Waals surface area contributed by atoms with E-state index in [1.165, 1.54) is 12.0 Å². The van der Waals surface area contributed by atoms with Crippen molar-refractivity contribution in [3.8, 4) is 17.3 Å². The molecule has 2 heterocycles. The van der Waals surface area contributed by atoms with E-state index in [0.717, 1.165) is 65.3 Å². The Morgan fingerprint density at radius 1 is 1.33 bits per heavy atom. The van der Waals surface area contributed by atoms with Gasteiger partial charge in [-0.3, -0.25) is 9.78 Å². The van der Waals surface area contributed by atoms with Gasteiger partial charge in [0.05, 0.1) is 17.6 Å². The first-order valence-corrected chi connectivity index (χ1v) is 11.4. The highest BCUT2D eigenvalue weighted by Gasteiger charge is 2.24. The number of ether oxygens (including phenoxy) is 1. The number of aromatic amines is 1. The summed E-state index contributed by atoms with van der Waals surface area (Å²) in [6.07, 6.45) is 6.26. The number of thiazole rings is 1. The molecule has 2 aromatic heterocycles. The van der Waals surface area contributed by atoms with Gasteiger partial charge in [0.2, 0.25) is 11.8 Å². The van der Waals surface area contributed by atoms with E-state index in [2.05, 4.69) is 29.0 Å². The average molecular weight is 429 g/mol. The third kappa shape index (κ3) is 5.02. The summed E-state index contributed by atoms with van der Waals surface area (Å²) >= 11 is 1.10. The van der Waals surface area contributed by atoms with Gasteiger partial charge in [-0.25, -0.2) is 4.98 Å². The van der Waals surface area contributed by atoms with Crippen LogP contribution >= 0.6 is 11.3 Å². The fourth-order valence-corrected chi connectivity index (χ4v) is 4.91. The molecule has 7 heteroatoms. The maximum atomic E-state index is 11.3. The molecule has 1 fully saturated rings. The van der Waals surface area contributed by atoms with Crippen molar-refractivity contribution in [2.75, 3.05) is 0 Å². The first kappa shape index (κ1) is 20.9. The van der Waals surface area contributed by atoms with Crippen LogP contribution < -0.4 is 4.87 Å². The Bertz CT molecular complexity index is 1050. The van der Waals surface area contributed by atoms with Gasteiger partial charge >= 0.3 is 4.87 Å². The molecule has 0 unspecified atom stereocenters. The Morgan fingerprint density at radius 3 is 2.97 bits per heavy atom. The van der Waals surface area contributed by atoms with E-state index in [0.29, 0.717) is 18.4 Å². The predicted molar refractivity (Wildman–Crippen MR) is 117 cm³/mol. The van der Waals surface area contributed by atoms with E-state index in [-0.39, 0.29) is 16.9 Å². The second-order valence-corrected chi connectivity index (χ2v) is 9.25. The average Bonchev–Trinajstić information content (AvgIpc) is 3.26. The minimum atomic E-state index is -0.194.